The molecule has 0 aliphatic rings. The highest BCUT2D eigenvalue weighted by molar-refractivity contribution is 5.83. The molecule has 118 valence electrons. The van der Waals surface area contributed by atoms with E-state index in [-0.39, 0.29) is 12.4 Å². The normalized spacial score (nSPS) is 11.0. The van der Waals surface area contributed by atoms with Gasteiger partial charge in [0.2, 0.25) is 0 Å². The molecule has 0 radical (unpaired) electrons. The van der Waals surface area contributed by atoms with Crippen molar-refractivity contribution in [2.24, 2.45) is 0 Å². The van der Waals surface area contributed by atoms with Crippen LogP contribution in [0.2, 0.25) is 0 Å². The van der Waals surface area contributed by atoms with E-state index in [9.17, 15) is 13.6 Å². The zero-order valence-corrected chi connectivity index (χ0v) is 12.7. The molecule has 1 heterocycles. The molecule has 0 unspecified atom stereocenters. The van der Waals surface area contributed by atoms with Crippen molar-refractivity contribution in [1.29, 1.82) is 0 Å². The van der Waals surface area contributed by atoms with Gasteiger partial charge in [-0.2, -0.15) is 0 Å². The van der Waals surface area contributed by atoms with Gasteiger partial charge in [0.1, 0.15) is 18.0 Å². The average Bonchev–Trinajstić information content (AvgIpc) is 2.50. The van der Waals surface area contributed by atoms with Gasteiger partial charge in [-0.1, -0.05) is 12.1 Å². The first kappa shape index (κ1) is 15.2. The van der Waals surface area contributed by atoms with Crippen LogP contribution in [0.3, 0.4) is 0 Å². The number of hydrogen-bond donors (Lipinski definition) is 0. The van der Waals surface area contributed by atoms with Gasteiger partial charge in [0.25, 0.3) is 0 Å². The topological polar surface area (TPSA) is 39.4 Å². The number of hydrogen-bond acceptors (Lipinski definition) is 3. The van der Waals surface area contributed by atoms with Gasteiger partial charge in [-0.05, 0) is 37.1 Å². The Hall–Kier alpha value is -2.69. The van der Waals surface area contributed by atoms with Crippen LogP contribution in [0.25, 0.3) is 11.0 Å². The van der Waals surface area contributed by atoms with E-state index >= 15 is 0 Å². The first-order chi connectivity index (χ1) is 11.0. The molecule has 3 rings (SSSR count). The second-order valence-electron chi connectivity index (χ2n) is 5.34. The fourth-order valence-electron chi connectivity index (χ4n) is 2.39. The van der Waals surface area contributed by atoms with E-state index in [1.54, 1.807) is 0 Å². The van der Waals surface area contributed by atoms with Crippen LogP contribution in [0.4, 0.5) is 8.78 Å². The minimum atomic E-state index is -0.788. The zero-order valence-electron chi connectivity index (χ0n) is 12.7. The summed E-state index contributed by atoms with van der Waals surface area (Å²) in [6.07, 6.45) is 0. The number of fused-ring (bicyclic) bond motifs is 1. The molecule has 0 spiro atoms. The van der Waals surface area contributed by atoms with Gasteiger partial charge in [-0.15, -0.1) is 0 Å². The maximum Gasteiger partial charge on any atom is 0.336 e. The van der Waals surface area contributed by atoms with Crippen molar-refractivity contribution in [3.05, 3.63) is 75.1 Å². The molecule has 3 aromatic rings. The van der Waals surface area contributed by atoms with Crippen LogP contribution in [0, 0.1) is 25.5 Å². The standard InChI is InChI=1S/C18H14F2O3/c1-10-3-5-14-12(7-17(21)23-18(14)11(10)2)9-22-16-6-4-13(19)8-15(16)20/h3-8H,9H2,1-2H3. The van der Waals surface area contributed by atoms with Crippen LogP contribution in [0.5, 0.6) is 5.75 Å². The summed E-state index contributed by atoms with van der Waals surface area (Å²) in [5.41, 5.74) is 2.46. The molecule has 0 N–H and O–H groups in total. The lowest BCUT2D eigenvalue weighted by molar-refractivity contribution is 0.290. The molecule has 0 saturated carbocycles. The van der Waals surface area contributed by atoms with E-state index in [0.29, 0.717) is 11.1 Å². The molecule has 3 nitrogen and oxygen atoms in total. The van der Waals surface area contributed by atoms with Crippen LogP contribution in [0.1, 0.15) is 16.7 Å². The molecule has 2 aromatic carbocycles. The van der Waals surface area contributed by atoms with Crippen molar-refractivity contribution in [1.82, 2.24) is 0 Å². The third kappa shape index (κ3) is 2.95. The third-order valence-corrected chi connectivity index (χ3v) is 3.79. The molecule has 5 heteroatoms. The van der Waals surface area contributed by atoms with Gasteiger partial charge in [0, 0.05) is 23.1 Å². The Kier molecular flexibility index (Phi) is 3.86. The van der Waals surface area contributed by atoms with E-state index in [1.165, 1.54) is 12.1 Å². The monoisotopic (exact) mass is 316 g/mol. The Bertz CT molecular complexity index is 945. The van der Waals surface area contributed by atoms with Crippen LogP contribution >= 0.6 is 0 Å². The Labute approximate surface area is 131 Å². The number of benzene rings is 2. The summed E-state index contributed by atoms with van der Waals surface area (Å²) in [4.78, 5) is 11.7. The molecule has 0 aliphatic heterocycles. The van der Waals surface area contributed by atoms with Crippen molar-refractivity contribution in [2.45, 2.75) is 20.5 Å². The number of halogens is 2. The smallest absolute Gasteiger partial charge is 0.336 e. The predicted octanol–water partition coefficient (Wildman–Crippen LogP) is 4.27. The maximum atomic E-state index is 13.6. The van der Waals surface area contributed by atoms with Crippen LogP contribution in [-0.4, -0.2) is 0 Å². The predicted molar refractivity (Wildman–Crippen MR) is 82.6 cm³/mol. The van der Waals surface area contributed by atoms with E-state index in [4.69, 9.17) is 9.15 Å². The van der Waals surface area contributed by atoms with Crippen molar-refractivity contribution >= 4 is 11.0 Å². The second-order valence-corrected chi connectivity index (χ2v) is 5.34. The van der Waals surface area contributed by atoms with Gasteiger partial charge in [-0.3, -0.25) is 0 Å². The van der Waals surface area contributed by atoms with E-state index < -0.39 is 17.3 Å². The van der Waals surface area contributed by atoms with Gasteiger partial charge in [-0.25, -0.2) is 13.6 Å². The Morgan fingerprint density at radius 3 is 2.61 bits per heavy atom. The Morgan fingerprint density at radius 1 is 1.09 bits per heavy atom. The number of rotatable bonds is 3. The van der Waals surface area contributed by atoms with Crippen LogP contribution < -0.4 is 10.4 Å². The van der Waals surface area contributed by atoms with Gasteiger partial charge in [0.05, 0.1) is 0 Å². The highest BCUT2D eigenvalue weighted by Gasteiger charge is 2.11. The first-order valence-electron chi connectivity index (χ1n) is 7.06. The van der Waals surface area contributed by atoms with Crippen LogP contribution in [0.15, 0.2) is 45.6 Å². The summed E-state index contributed by atoms with van der Waals surface area (Å²) in [6.45, 7) is 3.77. The molecule has 0 aliphatic carbocycles. The van der Waals surface area contributed by atoms with Crippen molar-refractivity contribution < 1.29 is 17.9 Å². The quantitative estimate of drug-likeness (QED) is 0.678. The fraction of sp³-hybridized carbons (Fsp3) is 0.167. The largest absolute Gasteiger partial charge is 0.486 e. The third-order valence-electron chi connectivity index (χ3n) is 3.79. The minimum Gasteiger partial charge on any atom is -0.486 e. The summed E-state index contributed by atoms with van der Waals surface area (Å²) in [5, 5.41) is 0.732. The summed E-state index contributed by atoms with van der Waals surface area (Å²) in [5.74, 6) is -1.53. The van der Waals surface area contributed by atoms with Gasteiger partial charge in [0.15, 0.2) is 11.6 Å². The van der Waals surface area contributed by atoms with Crippen LogP contribution in [-0.2, 0) is 6.61 Å². The highest BCUT2D eigenvalue weighted by Crippen LogP contribution is 2.25. The van der Waals surface area contributed by atoms with E-state index in [2.05, 4.69) is 0 Å². The lowest BCUT2D eigenvalue weighted by Gasteiger charge is -2.11. The van der Waals surface area contributed by atoms with Gasteiger partial charge < -0.3 is 9.15 Å². The van der Waals surface area contributed by atoms with Gasteiger partial charge >= 0.3 is 5.63 Å². The Balaban J connectivity index is 2.00. The first-order valence-corrected chi connectivity index (χ1v) is 7.06. The number of aryl methyl sites for hydroxylation is 2. The lowest BCUT2D eigenvalue weighted by atomic mass is 10.0. The molecule has 0 fully saturated rings. The highest BCUT2D eigenvalue weighted by atomic mass is 19.1. The SMILES string of the molecule is Cc1ccc2c(COc3ccc(F)cc3F)cc(=O)oc2c1C. The average molecular weight is 316 g/mol. The summed E-state index contributed by atoms with van der Waals surface area (Å²) in [6, 6.07) is 8.15. The van der Waals surface area contributed by atoms with Crippen molar-refractivity contribution in [3.63, 3.8) is 0 Å². The molecule has 1 aromatic heterocycles. The molecule has 0 atom stereocenters. The van der Waals surface area contributed by atoms with Crippen molar-refractivity contribution in [2.75, 3.05) is 0 Å². The molecule has 0 amide bonds. The fourth-order valence-corrected chi connectivity index (χ4v) is 2.39. The summed E-state index contributed by atoms with van der Waals surface area (Å²) < 4.78 is 37.2. The second kappa shape index (κ2) is 5.83. The van der Waals surface area contributed by atoms with E-state index in [1.807, 2.05) is 26.0 Å². The van der Waals surface area contributed by atoms with Crippen molar-refractivity contribution in [3.8, 4) is 5.75 Å². The summed E-state index contributed by atoms with van der Waals surface area (Å²) in [7, 11) is 0. The number of ether oxygens (including phenoxy) is 1. The molecular formula is C18H14F2O3. The molecule has 23 heavy (non-hydrogen) atoms. The Morgan fingerprint density at radius 2 is 1.87 bits per heavy atom. The zero-order chi connectivity index (χ0) is 16.6. The molecule has 0 saturated heterocycles. The van der Waals surface area contributed by atoms with E-state index in [0.717, 1.165) is 28.6 Å². The summed E-state index contributed by atoms with van der Waals surface area (Å²) >= 11 is 0. The molecule has 0 bridgehead atoms. The maximum absolute atomic E-state index is 13.6. The lowest BCUT2D eigenvalue weighted by Crippen LogP contribution is -2.05. The molecular weight excluding hydrogens is 302 g/mol. The minimum absolute atomic E-state index is 0.0207.